The molecule has 1 aliphatic carbocycles. The van der Waals surface area contributed by atoms with Gasteiger partial charge in [-0.3, -0.25) is 9.59 Å². The Hall–Kier alpha value is -1.06. The lowest BCUT2D eigenvalue weighted by atomic mass is 9.94. The summed E-state index contributed by atoms with van der Waals surface area (Å²) >= 11 is 0. The summed E-state index contributed by atoms with van der Waals surface area (Å²) in [5.41, 5.74) is 0. The van der Waals surface area contributed by atoms with E-state index in [9.17, 15) is 9.59 Å². The summed E-state index contributed by atoms with van der Waals surface area (Å²) in [5, 5.41) is 11.8. The SMILES string of the molecule is CC(C)CC(CNC(=O)CCC1CCCC1)CC(=O)O. The zero-order valence-corrected chi connectivity index (χ0v) is 12.9. The maximum Gasteiger partial charge on any atom is 0.303 e. The topological polar surface area (TPSA) is 66.4 Å². The van der Waals surface area contributed by atoms with Crippen LogP contribution >= 0.6 is 0 Å². The molecule has 0 aliphatic heterocycles. The van der Waals surface area contributed by atoms with Gasteiger partial charge in [-0.25, -0.2) is 0 Å². The summed E-state index contributed by atoms with van der Waals surface area (Å²) < 4.78 is 0. The van der Waals surface area contributed by atoms with Gasteiger partial charge < -0.3 is 10.4 Å². The van der Waals surface area contributed by atoms with E-state index in [2.05, 4.69) is 19.2 Å². The van der Waals surface area contributed by atoms with Gasteiger partial charge in [-0.2, -0.15) is 0 Å². The van der Waals surface area contributed by atoms with Crippen molar-refractivity contribution in [2.75, 3.05) is 6.54 Å². The predicted octanol–water partition coefficient (Wildman–Crippen LogP) is 3.21. The Bertz CT molecular complexity index is 309. The Kier molecular flexibility index (Phi) is 7.63. The fourth-order valence-corrected chi connectivity index (χ4v) is 3.13. The molecule has 1 amide bonds. The van der Waals surface area contributed by atoms with Gasteiger partial charge in [0.15, 0.2) is 0 Å². The van der Waals surface area contributed by atoms with E-state index in [4.69, 9.17) is 5.11 Å². The van der Waals surface area contributed by atoms with Gasteiger partial charge in [0.2, 0.25) is 5.91 Å². The number of hydrogen-bond acceptors (Lipinski definition) is 2. The quantitative estimate of drug-likeness (QED) is 0.683. The van der Waals surface area contributed by atoms with E-state index >= 15 is 0 Å². The monoisotopic (exact) mass is 283 g/mol. The highest BCUT2D eigenvalue weighted by atomic mass is 16.4. The predicted molar refractivity (Wildman–Crippen MR) is 79.4 cm³/mol. The fourth-order valence-electron chi connectivity index (χ4n) is 3.13. The van der Waals surface area contributed by atoms with E-state index in [0.29, 0.717) is 18.9 Å². The van der Waals surface area contributed by atoms with Crippen LogP contribution in [0.25, 0.3) is 0 Å². The number of carboxylic acids is 1. The zero-order chi connectivity index (χ0) is 15.0. The first-order valence-electron chi connectivity index (χ1n) is 7.95. The molecular formula is C16H29NO3. The van der Waals surface area contributed by atoms with Gasteiger partial charge in [-0.15, -0.1) is 0 Å². The second kappa shape index (κ2) is 8.98. The lowest BCUT2D eigenvalue weighted by Crippen LogP contribution is -2.31. The van der Waals surface area contributed by atoms with Gasteiger partial charge in [0.05, 0.1) is 0 Å². The molecule has 116 valence electrons. The van der Waals surface area contributed by atoms with Crippen LogP contribution in [-0.2, 0) is 9.59 Å². The highest BCUT2D eigenvalue weighted by Gasteiger charge is 2.18. The Labute approximate surface area is 122 Å². The van der Waals surface area contributed by atoms with E-state index in [0.717, 1.165) is 18.8 Å². The number of rotatable bonds is 9. The molecule has 2 N–H and O–H groups in total. The Morgan fingerprint density at radius 2 is 1.90 bits per heavy atom. The molecule has 0 aromatic heterocycles. The first-order valence-corrected chi connectivity index (χ1v) is 7.95. The highest BCUT2D eigenvalue weighted by Crippen LogP contribution is 2.28. The molecule has 0 aromatic carbocycles. The second-order valence-electron chi connectivity index (χ2n) is 6.59. The van der Waals surface area contributed by atoms with Gasteiger partial charge in [0.25, 0.3) is 0 Å². The third kappa shape index (κ3) is 7.51. The van der Waals surface area contributed by atoms with Crippen molar-refractivity contribution in [3.05, 3.63) is 0 Å². The van der Waals surface area contributed by atoms with Gasteiger partial charge in [0.1, 0.15) is 0 Å². The zero-order valence-electron chi connectivity index (χ0n) is 12.9. The van der Waals surface area contributed by atoms with E-state index in [-0.39, 0.29) is 18.2 Å². The van der Waals surface area contributed by atoms with Crippen molar-refractivity contribution in [1.29, 1.82) is 0 Å². The summed E-state index contributed by atoms with van der Waals surface area (Å²) in [5.74, 6) is 0.524. The Balaban J connectivity index is 2.22. The van der Waals surface area contributed by atoms with Gasteiger partial charge in [0, 0.05) is 19.4 Å². The molecule has 1 fully saturated rings. The first-order chi connectivity index (χ1) is 9.47. The van der Waals surface area contributed by atoms with Crippen molar-refractivity contribution in [3.63, 3.8) is 0 Å². The number of hydrogen-bond donors (Lipinski definition) is 2. The number of carboxylic acid groups (broad SMARTS) is 1. The molecule has 0 heterocycles. The molecule has 1 rings (SSSR count). The molecule has 0 radical (unpaired) electrons. The van der Waals surface area contributed by atoms with Crippen molar-refractivity contribution < 1.29 is 14.7 Å². The van der Waals surface area contributed by atoms with E-state index in [1.165, 1.54) is 25.7 Å². The molecular weight excluding hydrogens is 254 g/mol. The lowest BCUT2D eigenvalue weighted by Gasteiger charge is -2.18. The van der Waals surface area contributed by atoms with Crippen LogP contribution in [0.2, 0.25) is 0 Å². The van der Waals surface area contributed by atoms with Crippen LogP contribution in [0.5, 0.6) is 0 Å². The number of carbonyl (C=O) groups is 2. The lowest BCUT2D eigenvalue weighted by molar-refractivity contribution is -0.138. The molecule has 20 heavy (non-hydrogen) atoms. The van der Waals surface area contributed by atoms with Crippen LogP contribution < -0.4 is 5.32 Å². The van der Waals surface area contributed by atoms with Gasteiger partial charge in [-0.05, 0) is 30.6 Å². The maximum absolute atomic E-state index is 11.8. The van der Waals surface area contributed by atoms with Crippen molar-refractivity contribution in [2.45, 2.75) is 65.2 Å². The normalized spacial score (nSPS) is 17.4. The van der Waals surface area contributed by atoms with E-state index in [1.807, 2.05) is 0 Å². The van der Waals surface area contributed by atoms with Crippen LogP contribution in [0.4, 0.5) is 0 Å². The number of amides is 1. The van der Waals surface area contributed by atoms with Gasteiger partial charge in [-0.1, -0.05) is 39.5 Å². The standard InChI is InChI=1S/C16H29NO3/c1-12(2)9-14(10-16(19)20)11-17-15(18)8-7-13-5-3-4-6-13/h12-14H,3-11H2,1-2H3,(H,17,18)(H,19,20). The summed E-state index contributed by atoms with van der Waals surface area (Å²) in [7, 11) is 0. The number of carbonyl (C=O) groups excluding carboxylic acids is 1. The molecule has 0 aromatic rings. The van der Waals surface area contributed by atoms with Gasteiger partial charge >= 0.3 is 5.97 Å². The summed E-state index contributed by atoms with van der Waals surface area (Å²) in [4.78, 5) is 22.6. The molecule has 4 nitrogen and oxygen atoms in total. The Morgan fingerprint density at radius 3 is 2.45 bits per heavy atom. The third-order valence-corrected chi connectivity index (χ3v) is 4.11. The van der Waals surface area contributed by atoms with Crippen LogP contribution in [0, 0.1) is 17.8 Å². The van der Waals surface area contributed by atoms with Crippen LogP contribution in [0.3, 0.4) is 0 Å². The molecule has 0 saturated heterocycles. The highest BCUT2D eigenvalue weighted by molar-refractivity contribution is 5.76. The third-order valence-electron chi connectivity index (χ3n) is 4.11. The van der Waals surface area contributed by atoms with Crippen molar-refractivity contribution in [1.82, 2.24) is 5.32 Å². The van der Waals surface area contributed by atoms with Crippen LogP contribution in [-0.4, -0.2) is 23.5 Å². The smallest absolute Gasteiger partial charge is 0.303 e. The average molecular weight is 283 g/mol. The minimum Gasteiger partial charge on any atom is -0.481 e. The molecule has 1 saturated carbocycles. The summed E-state index contributed by atoms with van der Waals surface area (Å²) in [6, 6.07) is 0. The maximum atomic E-state index is 11.8. The van der Waals surface area contributed by atoms with Crippen LogP contribution in [0.1, 0.15) is 65.2 Å². The van der Waals surface area contributed by atoms with Crippen molar-refractivity contribution in [3.8, 4) is 0 Å². The Morgan fingerprint density at radius 1 is 1.25 bits per heavy atom. The molecule has 0 bridgehead atoms. The summed E-state index contributed by atoms with van der Waals surface area (Å²) in [6.45, 7) is 4.65. The van der Waals surface area contributed by atoms with Crippen molar-refractivity contribution >= 4 is 11.9 Å². The molecule has 1 aliphatic rings. The fraction of sp³-hybridized carbons (Fsp3) is 0.875. The molecule has 1 atom stereocenters. The van der Waals surface area contributed by atoms with E-state index in [1.54, 1.807) is 0 Å². The van der Waals surface area contributed by atoms with Crippen molar-refractivity contribution in [2.24, 2.45) is 17.8 Å². The minimum absolute atomic E-state index is 0.0444. The molecule has 1 unspecified atom stereocenters. The number of nitrogens with one attached hydrogen (secondary N) is 1. The average Bonchev–Trinajstić information content (AvgIpc) is 2.85. The van der Waals surface area contributed by atoms with Crippen LogP contribution in [0.15, 0.2) is 0 Å². The minimum atomic E-state index is -0.782. The molecule has 0 spiro atoms. The van der Waals surface area contributed by atoms with E-state index < -0.39 is 5.97 Å². The second-order valence-corrected chi connectivity index (χ2v) is 6.59. The molecule has 4 heteroatoms. The largest absolute Gasteiger partial charge is 0.481 e. The summed E-state index contributed by atoms with van der Waals surface area (Å²) in [6.07, 6.45) is 7.70. The first kappa shape index (κ1) is 17.0. The number of aliphatic carboxylic acids is 1.